The molecular weight excluding hydrogens is 174 g/mol. The molecule has 0 spiro atoms. The maximum atomic E-state index is 5.33. The first-order valence-electron chi connectivity index (χ1n) is 4.91. The van der Waals surface area contributed by atoms with Crippen LogP contribution in [0.15, 0.2) is 18.2 Å². The Bertz CT molecular complexity index is 457. The van der Waals surface area contributed by atoms with Gasteiger partial charge in [-0.2, -0.15) is 0 Å². The van der Waals surface area contributed by atoms with Crippen molar-refractivity contribution in [2.24, 2.45) is 0 Å². The summed E-state index contributed by atoms with van der Waals surface area (Å²) in [5.41, 5.74) is 3.59. The van der Waals surface area contributed by atoms with Gasteiger partial charge in [0.1, 0.15) is 5.75 Å². The van der Waals surface area contributed by atoms with Crippen molar-refractivity contribution in [3.05, 3.63) is 29.5 Å². The molecule has 0 aliphatic carbocycles. The minimum atomic E-state index is 0.930. The van der Waals surface area contributed by atoms with E-state index in [0.717, 1.165) is 17.7 Å². The molecule has 0 saturated heterocycles. The average Bonchev–Trinajstić information content (AvgIpc) is 2.59. The van der Waals surface area contributed by atoms with Gasteiger partial charge in [-0.15, -0.1) is 0 Å². The minimum Gasteiger partial charge on any atom is -0.495 e. The Labute approximate surface area is 83.9 Å². The second kappa shape index (κ2) is 3.37. The molecule has 1 aromatic carbocycles. The second-order valence-electron chi connectivity index (χ2n) is 3.58. The summed E-state index contributed by atoms with van der Waals surface area (Å²) in [6.45, 7) is 4.23. The van der Waals surface area contributed by atoms with E-state index in [0.29, 0.717) is 0 Å². The van der Waals surface area contributed by atoms with Crippen molar-refractivity contribution in [1.29, 1.82) is 0 Å². The Morgan fingerprint density at radius 1 is 1.29 bits per heavy atom. The number of hydrogen-bond acceptors (Lipinski definition) is 1. The summed E-state index contributed by atoms with van der Waals surface area (Å²) in [6, 6.07) is 6.41. The molecule has 1 heterocycles. The van der Waals surface area contributed by atoms with Crippen molar-refractivity contribution in [2.45, 2.75) is 20.3 Å². The van der Waals surface area contributed by atoms with Crippen molar-refractivity contribution < 1.29 is 4.74 Å². The number of rotatable bonds is 2. The van der Waals surface area contributed by atoms with E-state index in [-0.39, 0.29) is 0 Å². The van der Waals surface area contributed by atoms with Crippen LogP contribution in [-0.4, -0.2) is 12.1 Å². The maximum absolute atomic E-state index is 5.33. The van der Waals surface area contributed by atoms with Crippen LogP contribution < -0.4 is 4.74 Å². The molecule has 0 bridgehead atoms. The van der Waals surface area contributed by atoms with Crippen LogP contribution in [0, 0.1) is 6.92 Å². The molecule has 0 radical (unpaired) electrons. The number of aromatic nitrogens is 1. The van der Waals surface area contributed by atoms with Gasteiger partial charge >= 0.3 is 0 Å². The standard InChI is InChI=1S/C12H15NO/c1-4-10-7-9-5-8(2)6-11(14-3)12(9)13-10/h5-7,13H,4H2,1-3H3. The number of aromatic amines is 1. The van der Waals surface area contributed by atoms with E-state index in [1.54, 1.807) is 7.11 Å². The lowest BCUT2D eigenvalue weighted by molar-refractivity contribution is 0.418. The van der Waals surface area contributed by atoms with Gasteiger partial charge in [-0.3, -0.25) is 0 Å². The van der Waals surface area contributed by atoms with Crippen molar-refractivity contribution in [3.63, 3.8) is 0 Å². The first-order chi connectivity index (χ1) is 6.74. The van der Waals surface area contributed by atoms with Crippen molar-refractivity contribution >= 4 is 10.9 Å². The first-order valence-corrected chi connectivity index (χ1v) is 4.91. The Morgan fingerprint density at radius 3 is 2.71 bits per heavy atom. The predicted molar refractivity (Wildman–Crippen MR) is 59.0 cm³/mol. The first kappa shape index (κ1) is 9.13. The number of fused-ring (bicyclic) bond motifs is 1. The zero-order valence-electron chi connectivity index (χ0n) is 8.85. The van der Waals surface area contributed by atoms with E-state index in [1.807, 2.05) is 0 Å². The highest BCUT2D eigenvalue weighted by atomic mass is 16.5. The third-order valence-corrected chi connectivity index (χ3v) is 2.49. The minimum absolute atomic E-state index is 0.930. The fraction of sp³-hybridized carbons (Fsp3) is 0.333. The number of nitrogens with one attached hydrogen (secondary N) is 1. The average molecular weight is 189 g/mol. The molecule has 2 rings (SSSR count). The topological polar surface area (TPSA) is 25.0 Å². The van der Waals surface area contributed by atoms with Crippen LogP contribution in [0.3, 0.4) is 0 Å². The lowest BCUT2D eigenvalue weighted by atomic mass is 10.1. The summed E-state index contributed by atoms with van der Waals surface area (Å²) >= 11 is 0. The summed E-state index contributed by atoms with van der Waals surface area (Å²) < 4.78 is 5.33. The van der Waals surface area contributed by atoms with E-state index in [9.17, 15) is 0 Å². The molecule has 1 N–H and O–H groups in total. The van der Waals surface area contributed by atoms with Crippen LogP contribution in [0.4, 0.5) is 0 Å². The summed E-state index contributed by atoms with van der Waals surface area (Å²) in [6.07, 6.45) is 1.02. The summed E-state index contributed by atoms with van der Waals surface area (Å²) in [5.74, 6) is 0.930. The third kappa shape index (κ3) is 1.37. The zero-order chi connectivity index (χ0) is 10.1. The molecule has 0 fully saturated rings. The van der Waals surface area contributed by atoms with Crippen molar-refractivity contribution in [1.82, 2.24) is 4.98 Å². The van der Waals surface area contributed by atoms with E-state index in [2.05, 4.69) is 37.0 Å². The quantitative estimate of drug-likeness (QED) is 0.771. The molecule has 2 aromatic rings. The van der Waals surface area contributed by atoms with Crippen LogP contribution in [0.1, 0.15) is 18.2 Å². The molecule has 0 atom stereocenters. The molecule has 14 heavy (non-hydrogen) atoms. The van der Waals surface area contributed by atoms with Gasteiger partial charge in [-0.1, -0.05) is 6.92 Å². The van der Waals surface area contributed by atoms with Crippen molar-refractivity contribution in [3.8, 4) is 5.75 Å². The molecule has 0 amide bonds. The lowest BCUT2D eigenvalue weighted by Crippen LogP contribution is -1.85. The largest absolute Gasteiger partial charge is 0.495 e. The van der Waals surface area contributed by atoms with Crippen LogP contribution in [-0.2, 0) is 6.42 Å². The third-order valence-electron chi connectivity index (χ3n) is 2.49. The van der Waals surface area contributed by atoms with E-state index >= 15 is 0 Å². The number of H-pyrrole nitrogens is 1. The molecule has 74 valence electrons. The number of ether oxygens (including phenoxy) is 1. The van der Waals surface area contributed by atoms with E-state index in [1.165, 1.54) is 16.6 Å². The zero-order valence-corrected chi connectivity index (χ0v) is 8.85. The van der Waals surface area contributed by atoms with Crippen LogP contribution >= 0.6 is 0 Å². The fourth-order valence-electron chi connectivity index (χ4n) is 1.76. The van der Waals surface area contributed by atoms with Gasteiger partial charge in [0, 0.05) is 11.1 Å². The molecule has 0 aliphatic rings. The smallest absolute Gasteiger partial charge is 0.143 e. The van der Waals surface area contributed by atoms with Crippen LogP contribution in [0.2, 0.25) is 0 Å². The highest BCUT2D eigenvalue weighted by molar-refractivity contribution is 5.86. The predicted octanol–water partition coefficient (Wildman–Crippen LogP) is 3.05. The molecule has 2 nitrogen and oxygen atoms in total. The number of benzene rings is 1. The van der Waals surface area contributed by atoms with E-state index in [4.69, 9.17) is 4.74 Å². The highest BCUT2D eigenvalue weighted by Crippen LogP contribution is 2.27. The Morgan fingerprint density at radius 2 is 2.07 bits per heavy atom. The normalized spacial score (nSPS) is 10.8. The molecule has 0 aliphatic heterocycles. The van der Waals surface area contributed by atoms with Gasteiger partial charge in [0.2, 0.25) is 0 Å². The highest BCUT2D eigenvalue weighted by Gasteiger charge is 2.05. The van der Waals surface area contributed by atoms with Crippen molar-refractivity contribution in [2.75, 3.05) is 7.11 Å². The van der Waals surface area contributed by atoms with Gasteiger partial charge < -0.3 is 9.72 Å². The van der Waals surface area contributed by atoms with Crippen LogP contribution in [0.25, 0.3) is 10.9 Å². The fourth-order valence-corrected chi connectivity index (χ4v) is 1.76. The number of hydrogen-bond donors (Lipinski definition) is 1. The van der Waals surface area contributed by atoms with Crippen LogP contribution in [0.5, 0.6) is 5.75 Å². The Hall–Kier alpha value is -1.44. The van der Waals surface area contributed by atoms with E-state index < -0.39 is 0 Å². The van der Waals surface area contributed by atoms with Gasteiger partial charge in [-0.05, 0) is 37.1 Å². The molecule has 0 unspecified atom stereocenters. The monoisotopic (exact) mass is 189 g/mol. The molecule has 2 heteroatoms. The summed E-state index contributed by atoms with van der Waals surface area (Å²) in [4.78, 5) is 3.37. The molecule has 0 saturated carbocycles. The van der Waals surface area contributed by atoms with Gasteiger partial charge in [-0.25, -0.2) is 0 Å². The van der Waals surface area contributed by atoms with Gasteiger partial charge in [0.25, 0.3) is 0 Å². The maximum Gasteiger partial charge on any atom is 0.143 e. The summed E-state index contributed by atoms with van der Waals surface area (Å²) in [7, 11) is 1.71. The summed E-state index contributed by atoms with van der Waals surface area (Å²) in [5, 5.41) is 1.23. The Kier molecular flexibility index (Phi) is 2.20. The lowest BCUT2D eigenvalue weighted by Gasteiger charge is -2.02. The Balaban J connectivity index is 2.71. The number of methoxy groups -OCH3 is 1. The molecular formula is C12H15NO. The SMILES string of the molecule is CCc1cc2cc(C)cc(OC)c2[nH]1. The van der Waals surface area contributed by atoms with Gasteiger partial charge in [0.15, 0.2) is 0 Å². The van der Waals surface area contributed by atoms with Gasteiger partial charge in [0.05, 0.1) is 12.6 Å². The second-order valence-corrected chi connectivity index (χ2v) is 3.58. The number of aryl methyl sites for hydroxylation is 2. The molecule has 1 aromatic heterocycles.